The van der Waals surface area contributed by atoms with Crippen molar-refractivity contribution in [3.63, 3.8) is 0 Å². The van der Waals surface area contributed by atoms with Gasteiger partial charge in [-0.1, -0.05) is 30.3 Å². The SMILES string of the molecule is Cc1ccccc1Nc1c(C(=O)Nc2ccc(F)cc2)cnc2c(N)cccc12. The highest BCUT2D eigenvalue weighted by Crippen LogP contribution is 2.33. The number of aromatic nitrogens is 1. The summed E-state index contributed by atoms with van der Waals surface area (Å²) >= 11 is 0. The zero-order chi connectivity index (χ0) is 20.4. The maximum absolute atomic E-state index is 13.2. The van der Waals surface area contributed by atoms with Crippen LogP contribution in [0.1, 0.15) is 15.9 Å². The van der Waals surface area contributed by atoms with Gasteiger partial charge >= 0.3 is 0 Å². The van der Waals surface area contributed by atoms with Crippen molar-refractivity contribution in [1.29, 1.82) is 0 Å². The lowest BCUT2D eigenvalue weighted by molar-refractivity contribution is 0.102. The van der Waals surface area contributed by atoms with Crippen molar-refractivity contribution in [3.8, 4) is 0 Å². The first-order valence-electron chi connectivity index (χ1n) is 9.09. The molecule has 0 unspecified atom stereocenters. The Balaban J connectivity index is 1.81. The number of fused-ring (bicyclic) bond motifs is 1. The Morgan fingerprint density at radius 1 is 1.00 bits per heavy atom. The maximum atomic E-state index is 13.2. The van der Waals surface area contributed by atoms with Crippen molar-refractivity contribution >= 4 is 39.6 Å². The second-order valence-electron chi connectivity index (χ2n) is 6.69. The van der Waals surface area contributed by atoms with Gasteiger partial charge in [0.05, 0.1) is 22.5 Å². The van der Waals surface area contributed by atoms with Crippen molar-refractivity contribution in [2.24, 2.45) is 0 Å². The molecule has 3 aromatic carbocycles. The Morgan fingerprint density at radius 2 is 1.76 bits per heavy atom. The van der Waals surface area contributed by atoms with Gasteiger partial charge in [-0.3, -0.25) is 9.78 Å². The summed E-state index contributed by atoms with van der Waals surface area (Å²) in [7, 11) is 0. The Bertz CT molecular complexity index is 1210. The van der Waals surface area contributed by atoms with Crippen LogP contribution in [0.25, 0.3) is 10.9 Å². The number of carbonyl (C=O) groups is 1. The molecule has 4 aromatic rings. The number of nitrogens with two attached hydrogens (primary N) is 1. The number of para-hydroxylation sites is 2. The quantitative estimate of drug-likeness (QED) is 0.418. The van der Waals surface area contributed by atoms with E-state index in [0.29, 0.717) is 28.1 Å². The number of halogens is 1. The number of benzene rings is 3. The van der Waals surface area contributed by atoms with Crippen LogP contribution >= 0.6 is 0 Å². The number of pyridine rings is 1. The number of hydrogen-bond donors (Lipinski definition) is 3. The van der Waals surface area contributed by atoms with Gasteiger partial charge in [-0.15, -0.1) is 0 Å². The van der Waals surface area contributed by atoms with E-state index < -0.39 is 0 Å². The predicted molar refractivity (Wildman–Crippen MR) is 115 cm³/mol. The molecule has 1 heterocycles. The van der Waals surface area contributed by atoms with E-state index >= 15 is 0 Å². The molecule has 1 aromatic heterocycles. The molecule has 0 radical (unpaired) electrons. The van der Waals surface area contributed by atoms with Gasteiger partial charge in [-0.05, 0) is 48.9 Å². The molecule has 4 N–H and O–H groups in total. The highest BCUT2D eigenvalue weighted by Gasteiger charge is 2.17. The standard InChI is InChI=1S/C23H19FN4O/c1-14-5-2-3-8-20(14)28-21-17-6-4-7-19(25)22(17)26-13-18(21)23(29)27-16-11-9-15(24)10-12-16/h2-13H,25H2,1H3,(H,26,28)(H,27,29). The molecule has 0 fully saturated rings. The van der Waals surface area contributed by atoms with Gasteiger partial charge in [0, 0.05) is 23.0 Å². The Kier molecular flexibility index (Phi) is 4.83. The number of nitrogens with zero attached hydrogens (tertiary/aromatic N) is 1. The molecule has 0 saturated heterocycles. The molecule has 0 spiro atoms. The number of amides is 1. The molecule has 4 rings (SSSR count). The van der Waals surface area contributed by atoms with Gasteiger partial charge in [0.25, 0.3) is 5.91 Å². The minimum absolute atomic E-state index is 0.357. The summed E-state index contributed by atoms with van der Waals surface area (Å²) in [6.07, 6.45) is 1.50. The summed E-state index contributed by atoms with van der Waals surface area (Å²) in [5.74, 6) is -0.725. The topological polar surface area (TPSA) is 80.0 Å². The fourth-order valence-electron chi connectivity index (χ4n) is 3.13. The molecule has 0 saturated carbocycles. The largest absolute Gasteiger partial charge is 0.397 e. The predicted octanol–water partition coefficient (Wildman–Crippen LogP) is 5.26. The number of nitrogens with one attached hydrogen (secondary N) is 2. The summed E-state index contributed by atoms with van der Waals surface area (Å²) in [6, 6.07) is 18.9. The van der Waals surface area contributed by atoms with E-state index in [1.54, 1.807) is 6.07 Å². The molecule has 5 nitrogen and oxygen atoms in total. The minimum atomic E-state index is -0.368. The number of carbonyl (C=O) groups excluding carboxylic acids is 1. The summed E-state index contributed by atoms with van der Waals surface area (Å²) in [5, 5.41) is 6.90. The number of nitrogen functional groups attached to an aromatic ring is 1. The van der Waals surface area contributed by atoms with E-state index in [-0.39, 0.29) is 11.7 Å². The Hall–Kier alpha value is -3.93. The van der Waals surface area contributed by atoms with Gasteiger partial charge in [0.15, 0.2) is 0 Å². The molecule has 0 aliphatic carbocycles. The monoisotopic (exact) mass is 386 g/mol. The zero-order valence-electron chi connectivity index (χ0n) is 15.7. The molecular weight excluding hydrogens is 367 g/mol. The van der Waals surface area contributed by atoms with Crippen molar-refractivity contribution in [2.75, 3.05) is 16.4 Å². The molecule has 0 atom stereocenters. The number of hydrogen-bond acceptors (Lipinski definition) is 4. The van der Waals surface area contributed by atoms with Crippen LogP contribution in [0, 0.1) is 12.7 Å². The average Bonchev–Trinajstić information content (AvgIpc) is 2.72. The Labute approximate surface area is 167 Å². The molecule has 6 heteroatoms. The van der Waals surface area contributed by atoms with Crippen LogP contribution in [0.5, 0.6) is 0 Å². The van der Waals surface area contributed by atoms with Crippen molar-refractivity contribution < 1.29 is 9.18 Å². The first kappa shape index (κ1) is 18.4. The Morgan fingerprint density at radius 3 is 2.52 bits per heavy atom. The molecule has 1 amide bonds. The highest BCUT2D eigenvalue weighted by molar-refractivity contribution is 6.14. The van der Waals surface area contributed by atoms with Gasteiger partial charge in [0.2, 0.25) is 0 Å². The average molecular weight is 386 g/mol. The smallest absolute Gasteiger partial charge is 0.259 e. The molecule has 0 aliphatic rings. The van der Waals surface area contributed by atoms with Crippen LogP contribution in [-0.2, 0) is 0 Å². The molecular formula is C23H19FN4O. The summed E-state index contributed by atoms with van der Waals surface area (Å²) < 4.78 is 13.2. The summed E-state index contributed by atoms with van der Waals surface area (Å²) in [4.78, 5) is 17.4. The summed E-state index contributed by atoms with van der Waals surface area (Å²) in [6.45, 7) is 1.98. The van der Waals surface area contributed by atoms with Gasteiger partial charge < -0.3 is 16.4 Å². The molecule has 144 valence electrons. The van der Waals surface area contributed by atoms with E-state index in [1.807, 2.05) is 43.3 Å². The first-order chi connectivity index (χ1) is 14.0. The van der Waals surface area contributed by atoms with Crippen LogP contribution in [0.15, 0.2) is 72.9 Å². The third-order valence-corrected chi connectivity index (χ3v) is 4.68. The third kappa shape index (κ3) is 3.73. The minimum Gasteiger partial charge on any atom is -0.397 e. The van der Waals surface area contributed by atoms with Crippen LogP contribution < -0.4 is 16.4 Å². The third-order valence-electron chi connectivity index (χ3n) is 4.68. The van der Waals surface area contributed by atoms with Gasteiger partial charge in [-0.25, -0.2) is 4.39 Å². The van der Waals surface area contributed by atoms with Crippen LogP contribution in [0.3, 0.4) is 0 Å². The van der Waals surface area contributed by atoms with Crippen LogP contribution in [0.4, 0.5) is 27.1 Å². The van der Waals surface area contributed by atoms with Crippen molar-refractivity contribution in [2.45, 2.75) is 6.92 Å². The number of aryl methyl sites for hydroxylation is 1. The lowest BCUT2D eigenvalue weighted by Crippen LogP contribution is -2.15. The second-order valence-corrected chi connectivity index (χ2v) is 6.69. The van der Waals surface area contributed by atoms with E-state index in [1.165, 1.54) is 30.5 Å². The van der Waals surface area contributed by atoms with E-state index in [2.05, 4.69) is 15.6 Å². The molecule has 29 heavy (non-hydrogen) atoms. The van der Waals surface area contributed by atoms with E-state index in [4.69, 9.17) is 5.73 Å². The van der Waals surface area contributed by atoms with Crippen LogP contribution in [-0.4, -0.2) is 10.9 Å². The first-order valence-corrected chi connectivity index (χ1v) is 9.09. The highest BCUT2D eigenvalue weighted by atomic mass is 19.1. The van der Waals surface area contributed by atoms with Gasteiger partial charge in [0.1, 0.15) is 5.82 Å². The van der Waals surface area contributed by atoms with Crippen molar-refractivity contribution in [1.82, 2.24) is 4.98 Å². The lowest BCUT2D eigenvalue weighted by atomic mass is 10.1. The number of rotatable bonds is 4. The fourth-order valence-corrected chi connectivity index (χ4v) is 3.13. The summed E-state index contributed by atoms with van der Waals surface area (Å²) in [5.41, 5.74) is 10.6. The van der Waals surface area contributed by atoms with E-state index in [0.717, 1.165) is 16.6 Å². The zero-order valence-corrected chi connectivity index (χ0v) is 15.7. The molecule has 0 aliphatic heterocycles. The normalized spacial score (nSPS) is 10.7. The fraction of sp³-hybridized carbons (Fsp3) is 0.0435. The van der Waals surface area contributed by atoms with E-state index in [9.17, 15) is 9.18 Å². The second kappa shape index (κ2) is 7.59. The van der Waals surface area contributed by atoms with Crippen molar-refractivity contribution in [3.05, 3.63) is 89.9 Å². The number of anilines is 4. The molecule has 0 bridgehead atoms. The van der Waals surface area contributed by atoms with Crippen LogP contribution in [0.2, 0.25) is 0 Å². The lowest BCUT2D eigenvalue weighted by Gasteiger charge is -2.17. The van der Waals surface area contributed by atoms with Gasteiger partial charge in [-0.2, -0.15) is 0 Å². The maximum Gasteiger partial charge on any atom is 0.259 e.